The van der Waals surface area contributed by atoms with Crippen LogP contribution in [0.3, 0.4) is 0 Å². The molecule has 0 spiro atoms. The van der Waals surface area contributed by atoms with Crippen LogP contribution in [0, 0.1) is 16.4 Å². The minimum absolute atomic E-state index is 0.206. The fourth-order valence-corrected chi connectivity index (χ4v) is 2.21. The number of rotatable bonds is 5. The van der Waals surface area contributed by atoms with Gasteiger partial charge >= 0.3 is 0 Å². The number of benzene rings is 1. The van der Waals surface area contributed by atoms with Gasteiger partial charge in [0.15, 0.2) is 16.4 Å². The number of ether oxygens (including phenoxy) is 1. The first kappa shape index (κ1) is 13.2. The van der Waals surface area contributed by atoms with E-state index in [1.54, 1.807) is 11.7 Å². The number of hydrogen-bond acceptors (Lipinski definition) is 2. The van der Waals surface area contributed by atoms with Crippen LogP contribution in [0.1, 0.15) is 12.8 Å². The van der Waals surface area contributed by atoms with Gasteiger partial charge in [-0.3, -0.25) is 0 Å². The highest BCUT2D eigenvalue weighted by atomic mass is 32.1. The minimum atomic E-state index is -0.859. The zero-order chi connectivity index (χ0) is 13.1. The monoisotopic (exact) mass is 272 g/mol. The summed E-state index contributed by atoms with van der Waals surface area (Å²) in [6, 6.07) is 2.59. The Morgan fingerprint density at radius 3 is 2.83 bits per heavy atom. The number of fused-ring (bicyclic) bond motifs is 1. The van der Waals surface area contributed by atoms with Crippen LogP contribution >= 0.6 is 12.2 Å². The maximum absolute atomic E-state index is 13.8. The molecule has 0 aliphatic rings. The standard InChI is InChI=1S/C12H14F2N2OS/c1-17-7-3-2-6-16-11-9(15-12(16)18)5-4-8(13)10(11)14/h4-5H,2-3,6-7H2,1H3,(H,15,18). The van der Waals surface area contributed by atoms with Gasteiger partial charge in [-0.25, -0.2) is 8.78 Å². The summed E-state index contributed by atoms with van der Waals surface area (Å²) in [6.07, 6.45) is 1.65. The molecule has 0 bridgehead atoms. The van der Waals surface area contributed by atoms with Crippen molar-refractivity contribution in [2.75, 3.05) is 13.7 Å². The van der Waals surface area contributed by atoms with Gasteiger partial charge in [-0.1, -0.05) is 0 Å². The number of methoxy groups -OCH3 is 1. The molecule has 0 saturated carbocycles. The molecule has 0 aliphatic carbocycles. The summed E-state index contributed by atoms with van der Waals surface area (Å²) in [5.41, 5.74) is 0.725. The minimum Gasteiger partial charge on any atom is -0.385 e. The molecule has 0 amide bonds. The number of H-pyrrole nitrogens is 1. The summed E-state index contributed by atoms with van der Waals surface area (Å²) in [5.74, 6) is -1.71. The lowest BCUT2D eigenvalue weighted by molar-refractivity contribution is 0.191. The lowest BCUT2D eigenvalue weighted by Crippen LogP contribution is -2.02. The molecule has 0 atom stereocenters. The van der Waals surface area contributed by atoms with E-state index >= 15 is 0 Å². The second-order valence-electron chi connectivity index (χ2n) is 4.04. The normalized spacial score (nSPS) is 11.3. The van der Waals surface area contributed by atoms with Crippen LogP contribution < -0.4 is 0 Å². The molecule has 1 N–H and O–H groups in total. The molecule has 1 aromatic heterocycles. The first-order valence-corrected chi connectivity index (χ1v) is 6.11. The van der Waals surface area contributed by atoms with E-state index in [1.165, 1.54) is 6.07 Å². The molecule has 2 rings (SSSR count). The molecule has 1 aromatic carbocycles. The lowest BCUT2D eigenvalue weighted by Gasteiger charge is -2.05. The highest BCUT2D eigenvalue weighted by Gasteiger charge is 2.13. The number of aromatic amines is 1. The molecule has 3 nitrogen and oxygen atoms in total. The molecule has 0 fully saturated rings. The van der Waals surface area contributed by atoms with Gasteiger partial charge in [-0.2, -0.15) is 0 Å². The number of aryl methyl sites for hydroxylation is 1. The Hall–Kier alpha value is -1.27. The highest BCUT2D eigenvalue weighted by Crippen LogP contribution is 2.20. The fourth-order valence-electron chi connectivity index (χ4n) is 1.92. The van der Waals surface area contributed by atoms with E-state index in [-0.39, 0.29) is 5.52 Å². The number of hydrogen-bond donors (Lipinski definition) is 1. The van der Waals surface area contributed by atoms with Crippen LogP contribution in [-0.4, -0.2) is 23.3 Å². The largest absolute Gasteiger partial charge is 0.385 e. The average molecular weight is 272 g/mol. The van der Waals surface area contributed by atoms with Crippen molar-refractivity contribution < 1.29 is 13.5 Å². The Kier molecular flexibility index (Phi) is 4.08. The van der Waals surface area contributed by atoms with Gasteiger partial charge in [-0.05, 0) is 37.2 Å². The summed E-state index contributed by atoms with van der Waals surface area (Å²) in [4.78, 5) is 2.88. The van der Waals surface area contributed by atoms with Gasteiger partial charge in [0.05, 0.1) is 5.52 Å². The lowest BCUT2D eigenvalue weighted by atomic mass is 10.2. The molecule has 0 aliphatic heterocycles. The van der Waals surface area contributed by atoms with Crippen LogP contribution in [0.4, 0.5) is 8.78 Å². The summed E-state index contributed by atoms with van der Waals surface area (Å²) in [6.45, 7) is 1.19. The molecule has 98 valence electrons. The zero-order valence-corrected chi connectivity index (χ0v) is 10.8. The third kappa shape index (κ3) is 2.44. The van der Waals surface area contributed by atoms with Gasteiger partial charge in [0.2, 0.25) is 0 Å². The van der Waals surface area contributed by atoms with Crippen molar-refractivity contribution in [1.29, 1.82) is 0 Å². The van der Waals surface area contributed by atoms with E-state index < -0.39 is 11.6 Å². The maximum Gasteiger partial charge on any atom is 0.184 e. The Labute approximate surface area is 108 Å². The van der Waals surface area contributed by atoms with E-state index in [0.717, 1.165) is 18.9 Å². The van der Waals surface area contributed by atoms with Crippen LogP contribution in [0.25, 0.3) is 11.0 Å². The van der Waals surface area contributed by atoms with E-state index in [0.29, 0.717) is 23.4 Å². The summed E-state index contributed by atoms with van der Waals surface area (Å²) in [5, 5.41) is 0. The van der Waals surface area contributed by atoms with Crippen molar-refractivity contribution in [3.8, 4) is 0 Å². The molecule has 2 aromatic rings. The zero-order valence-electron chi connectivity index (χ0n) is 10.0. The topological polar surface area (TPSA) is 29.9 Å². The number of aromatic nitrogens is 2. The van der Waals surface area contributed by atoms with Crippen molar-refractivity contribution >= 4 is 23.3 Å². The summed E-state index contributed by atoms with van der Waals surface area (Å²) < 4.78 is 33.9. The number of nitrogens with zero attached hydrogens (tertiary/aromatic N) is 1. The third-order valence-corrected chi connectivity index (χ3v) is 3.13. The van der Waals surface area contributed by atoms with Crippen molar-refractivity contribution in [2.45, 2.75) is 19.4 Å². The Balaban J connectivity index is 2.34. The van der Waals surface area contributed by atoms with Crippen LogP contribution in [-0.2, 0) is 11.3 Å². The third-order valence-electron chi connectivity index (χ3n) is 2.81. The molecule has 1 heterocycles. The van der Waals surface area contributed by atoms with Gasteiger partial charge in [0.1, 0.15) is 5.52 Å². The summed E-state index contributed by atoms with van der Waals surface area (Å²) in [7, 11) is 1.63. The van der Waals surface area contributed by atoms with Gasteiger partial charge in [0.25, 0.3) is 0 Å². The number of imidazole rings is 1. The van der Waals surface area contributed by atoms with Crippen LogP contribution in [0.5, 0.6) is 0 Å². The Morgan fingerprint density at radius 2 is 2.11 bits per heavy atom. The first-order chi connectivity index (χ1) is 8.65. The predicted octanol–water partition coefficient (Wildman–Crippen LogP) is 3.40. The number of unbranched alkanes of at least 4 members (excludes halogenated alkanes) is 1. The smallest absolute Gasteiger partial charge is 0.184 e. The van der Waals surface area contributed by atoms with Crippen molar-refractivity contribution in [2.24, 2.45) is 0 Å². The van der Waals surface area contributed by atoms with Gasteiger partial charge in [-0.15, -0.1) is 0 Å². The van der Waals surface area contributed by atoms with Gasteiger partial charge in [0, 0.05) is 20.3 Å². The van der Waals surface area contributed by atoms with Crippen molar-refractivity contribution in [1.82, 2.24) is 9.55 Å². The maximum atomic E-state index is 13.8. The van der Waals surface area contributed by atoms with Crippen molar-refractivity contribution in [3.63, 3.8) is 0 Å². The average Bonchev–Trinajstić information content (AvgIpc) is 2.67. The Morgan fingerprint density at radius 1 is 1.33 bits per heavy atom. The molecule has 6 heteroatoms. The second kappa shape index (κ2) is 5.58. The van der Waals surface area contributed by atoms with Crippen LogP contribution in [0.2, 0.25) is 0 Å². The predicted molar refractivity (Wildman–Crippen MR) is 68.1 cm³/mol. The van der Waals surface area contributed by atoms with E-state index in [2.05, 4.69) is 4.98 Å². The number of halogens is 2. The molecular formula is C12H14F2N2OS. The second-order valence-corrected chi connectivity index (χ2v) is 4.43. The van der Waals surface area contributed by atoms with Gasteiger partial charge < -0.3 is 14.3 Å². The molecule has 0 unspecified atom stereocenters. The van der Waals surface area contributed by atoms with E-state index in [9.17, 15) is 8.78 Å². The quantitative estimate of drug-likeness (QED) is 0.668. The molecule has 0 saturated heterocycles. The fraction of sp³-hybridized carbons (Fsp3) is 0.417. The SMILES string of the molecule is COCCCCn1c(=S)[nH]c2ccc(F)c(F)c21. The van der Waals surface area contributed by atoms with Crippen LogP contribution in [0.15, 0.2) is 12.1 Å². The first-order valence-electron chi connectivity index (χ1n) is 5.70. The highest BCUT2D eigenvalue weighted by molar-refractivity contribution is 7.71. The van der Waals surface area contributed by atoms with E-state index in [1.807, 2.05) is 0 Å². The molecule has 18 heavy (non-hydrogen) atoms. The Bertz CT molecular complexity index is 606. The van der Waals surface area contributed by atoms with Crippen molar-refractivity contribution in [3.05, 3.63) is 28.5 Å². The molecular weight excluding hydrogens is 258 g/mol. The number of nitrogens with one attached hydrogen (secondary N) is 1. The molecule has 0 radical (unpaired) electrons. The summed E-state index contributed by atoms with van der Waals surface area (Å²) >= 11 is 5.12. The van der Waals surface area contributed by atoms with E-state index in [4.69, 9.17) is 17.0 Å².